The number of aliphatic carboxylic acids is 1. The lowest BCUT2D eigenvalue weighted by Crippen LogP contribution is -2.59. The molecule has 186 valence electrons. The standard InChI is InChI=1S/C28H34N2O5/c1-3-15-28(2,26(33)29-24-14-8-9-18(24)16-25(31)32)30-27(34)35-17-23-21-12-6-4-10-19(21)20-11-5-7-13-22(20)23/h4-7,10-13,18,23-24H,3,8-9,14-17H2,1-2H3,(H,29,33)(H,30,34)(H,31,32). The molecule has 1 fully saturated rings. The van der Waals surface area contributed by atoms with E-state index in [1.54, 1.807) is 6.92 Å². The smallest absolute Gasteiger partial charge is 0.408 e. The first-order valence-electron chi connectivity index (χ1n) is 12.5. The summed E-state index contributed by atoms with van der Waals surface area (Å²) in [4.78, 5) is 37.3. The molecule has 0 aliphatic heterocycles. The van der Waals surface area contributed by atoms with Crippen LogP contribution < -0.4 is 10.6 Å². The molecule has 3 N–H and O–H groups in total. The molecule has 2 aliphatic carbocycles. The Hall–Kier alpha value is -3.35. The third-order valence-electron chi connectivity index (χ3n) is 7.39. The molecule has 0 saturated heterocycles. The second kappa shape index (κ2) is 10.5. The van der Waals surface area contributed by atoms with Gasteiger partial charge in [-0.05, 0) is 54.4 Å². The molecule has 2 aliphatic rings. The van der Waals surface area contributed by atoms with Gasteiger partial charge in [-0.25, -0.2) is 4.79 Å². The van der Waals surface area contributed by atoms with Gasteiger partial charge in [-0.1, -0.05) is 68.3 Å². The summed E-state index contributed by atoms with van der Waals surface area (Å²) in [5.74, 6) is -1.30. The number of rotatable bonds is 9. The van der Waals surface area contributed by atoms with Gasteiger partial charge in [-0.2, -0.15) is 0 Å². The lowest BCUT2D eigenvalue weighted by Gasteiger charge is -2.31. The van der Waals surface area contributed by atoms with E-state index in [-0.39, 0.29) is 36.8 Å². The van der Waals surface area contributed by atoms with Crippen LogP contribution in [-0.4, -0.2) is 41.3 Å². The van der Waals surface area contributed by atoms with E-state index in [1.807, 2.05) is 31.2 Å². The molecule has 0 heterocycles. The second-order valence-electron chi connectivity index (χ2n) is 9.90. The number of carboxylic acids is 1. The Labute approximate surface area is 206 Å². The first-order valence-corrected chi connectivity index (χ1v) is 12.5. The van der Waals surface area contributed by atoms with Gasteiger partial charge in [0.25, 0.3) is 0 Å². The maximum atomic E-state index is 13.2. The van der Waals surface area contributed by atoms with Crippen LogP contribution in [0.3, 0.4) is 0 Å². The van der Waals surface area contributed by atoms with E-state index in [2.05, 4.69) is 34.9 Å². The lowest BCUT2D eigenvalue weighted by molar-refractivity contribution is -0.138. The largest absolute Gasteiger partial charge is 0.481 e. The number of ether oxygens (including phenoxy) is 1. The van der Waals surface area contributed by atoms with E-state index >= 15 is 0 Å². The third kappa shape index (κ3) is 5.34. The van der Waals surface area contributed by atoms with Crippen LogP contribution in [0.1, 0.15) is 69.4 Å². The zero-order valence-corrected chi connectivity index (χ0v) is 20.4. The maximum absolute atomic E-state index is 13.2. The van der Waals surface area contributed by atoms with Gasteiger partial charge in [0.15, 0.2) is 0 Å². The Bertz CT molecular complexity index is 1050. The first-order chi connectivity index (χ1) is 16.8. The van der Waals surface area contributed by atoms with Crippen molar-refractivity contribution in [2.24, 2.45) is 5.92 Å². The number of alkyl carbamates (subject to hydrolysis) is 1. The molecular weight excluding hydrogens is 444 g/mol. The zero-order valence-electron chi connectivity index (χ0n) is 20.4. The molecule has 7 nitrogen and oxygen atoms in total. The SMILES string of the molecule is CCCC(C)(NC(=O)OCC1c2ccccc2-c2ccccc21)C(=O)NC1CCCC1CC(=O)O. The highest BCUT2D eigenvalue weighted by atomic mass is 16.5. The zero-order chi connectivity index (χ0) is 25.0. The number of carboxylic acid groups (broad SMARTS) is 1. The Morgan fingerprint density at radius 2 is 1.66 bits per heavy atom. The van der Waals surface area contributed by atoms with Crippen LogP contribution in [0.5, 0.6) is 0 Å². The van der Waals surface area contributed by atoms with Gasteiger partial charge in [0.05, 0.1) is 6.42 Å². The summed E-state index contributed by atoms with van der Waals surface area (Å²) in [5.41, 5.74) is 3.41. The van der Waals surface area contributed by atoms with E-state index < -0.39 is 17.6 Å². The first kappa shape index (κ1) is 24.8. The topological polar surface area (TPSA) is 105 Å². The normalized spacial score (nSPS) is 20.4. The van der Waals surface area contributed by atoms with Crippen molar-refractivity contribution >= 4 is 18.0 Å². The van der Waals surface area contributed by atoms with Gasteiger partial charge in [0.1, 0.15) is 12.1 Å². The molecule has 0 spiro atoms. The fourth-order valence-electron chi connectivity index (χ4n) is 5.62. The Morgan fingerprint density at radius 3 is 2.26 bits per heavy atom. The summed E-state index contributed by atoms with van der Waals surface area (Å²) in [7, 11) is 0. The van der Waals surface area contributed by atoms with Crippen molar-refractivity contribution in [2.75, 3.05) is 6.61 Å². The molecule has 3 unspecified atom stereocenters. The van der Waals surface area contributed by atoms with E-state index in [9.17, 15) is 19.5 Å². The minimum Gasteiger partial charge on any atom is -0.481 e. The number of carbonyl (C=O) groups is 3. The molecule has 2 aromatic rings. The highest BCUT2D eigenvalue weighted by Crippen LogP contribution is 2.44. The van der Waals surface area contributed by atoms with Crippen LogP contribution in [0.2, 0.25) is 0 Å². The molecule has 0 bridgehead atoms. The summed E-state index contributed by atoms with van der Waals surface area (Å²) < 4.78 is 5.67. The van der Waals surface area contributed by atoms with Crippen LogP contribution in [-0.2, 0) is 14.3 Å². The van der Waals surface area contributed by atoms with E-state index in [1.165, 1.54) is 0 Å². The predicted octanol–water partition coefficient (Wildman–Crippen LogP) is 4.84. The minimum absolute atomic E-state index is 0.0370. The number of hydrogen-bond acceptors (Lipinski definition) is 4. The molecule has 0 aromatic heterocycles. The highest BCUT2D eigenvalue weighted by molar-refractivity contribution is 5.90. The van der Waals surface area contributed by atoms with Crippen molar-refractivity contribution in [3.8, 4) is 11.1 Å². The minimum atomic E-state index is -1.15. The Kier molecular flexibility index (Phi) is 7.43. The summed E-state index contributed by atoms with van der Waals surface area (Å²) in [6, 6.07) is 16.1. The van der Waals surface area contributed by atoms with E-state index in [4.69, 9.17) is 4.74 Å². The Morgan fingerprint density at radius 1 is 1.03 bits per heavy atom. The molecule has 1 saturated carbocycles. The van der Waals surface area contributed by atoms with Crippen molar-refractivity contribution in [1.82, 2.24) is 10.6 Å². The van der Waals surface area contributed by atoms with Gasteiger partial charge >= 0.3 is 12.1 Å². The number of hydrogen-bond donors (Lipinski definition) is 3. The molecule has 3 atom stereocenters. The number of amides is 2. The number of nitrogens with one attached hydrogen (secondary N) is 2. The average molecular weight is 479 g/mol. The third-order valence-corrected chi connectivity index (χ3v) is 7.39. The molecular formula is C28H34N2O5. The van der Waals surface area contributed by atoms with Crippen molar-refractivity contribution in [2.45, 2.75) is 69.9 Å². The number of carbonyl (C=O) groups excluding carboxylic acids is 2. The number of fused-ring (bicyclic) bond motifs is 3. The summed E-state index contributed by atoms with van der Waals surface area (Å²) in [6.07, 6.45) is 2.95. The molecule has 7 heteroatoms. The van der Waals surface area contributed by atoms with E-state index in [0.717, 1.165) is 41.5 Å². The molecule has 0 radical (unpaired) electrons. The fraction of sp³-hybridized carbons (Fsp3) is 0.464. The predicted molar refractivity (Wildman–Crippen MR) is 133 cm³/mol. The highest BCUT2D eigenvalue weighted by Gasteiger charge is 2.39. The van der Waals surface area contributed by atoms with Gasteiger partial charge in [-0.3, -0.25) is 9.59 Å². The van der Waals surface area contributed by atoms with Gasteiger partial charge in [0.2, 0.25) is 5.91 Å². The maximum Gasteiger partial charge on any atom is 0.408 e. The quantitative estimate of drug-likeness (QED) is 0.478. The molecule has 4 rings (SSSR count). The molecule has 2 amide bonds. The fourth-order valence-corrected chi connectivity index (χ4v) is 5.62. The van der Waals surface area contributed by atoms with Crippen LogP contribution in [0.15, 0.2) is 48.5 Å². The van der Waals surface area contributed by atoms with Crippen molar-refractivity contribution < 1.29 is 24.2 Å². The second-order valence-corrected chi connectivity index (χ2v) is 9.90. The Balaban J connectivity index is 1.41. The van der Waals surface area contributed by atoms with Crippen LogP contribution >= 0.6 is 0 Å². The van der Waals surface area contributed by atoms with Crippen LogP contribution in [0, 0.1) is 5.92 Å². The van der Waals surface area contributed by atoms with Crippen molar-refractivity contribution in [1.29, 1.82) is 0 Å². The lowest BCUT2D eigenvalue weighted by atomic mass is 9.93. The van der Waals surface area contributed by atoms with Crippen molar-refractivity contribution in [3.05, 3.63) is 59.7 Å². The van der Waals surface area contributed by atoms with Crippen molar-refractivity contribution in [3.63, 3.8) is 0 Å². The number of benzene rings is 2. The van der Waals surface area contributed by atoms with Gasteiger partial charge in [0, 0.05) is 12.0 Å². The van der Waals surface area contributed by atoms with Gasteiger partial charge in [-0.15, -0.1) is 0 Å². The molecule has 35 heavy (non-hydrogen) atoms. The van der Waals surface area contributed by atoms with Gasteiger partial charge < -0.3 is 20.5 Å². The van der Waals surface area contributed by atoms with Crippen LogP contribution in [0.25, 0.3) is 11.1 Å². The summed E-state index contributed by atoms with van der Waals surface area (Å²) >= 11 is 0. The average Bonchev–Trinajstić information content (AvgIpc) is 3.39. The molecule has 2 aromatic carbocycles. The van der Waals surface area contributed by atoms with E-state index in [0.29, 0.717) is 12.8 Å². The summed E-state index contributed by atoms with van der Waals surface area (Å²) in [6.45, 7) is 3.83. The summed E-state index contributed by atoms with van der Waals surface area (Å²) in [5, 5.41) is 15.0. The monoisotopic (exact) mass is 478 g/mol. The van der Waals surface area contributed by atoms with Crippen LogP contribution in [0.4, 0.5) is 4.79 Å².